The second-order valence-electron chi connectivity index (χ2n) is 5.89. The molecule has 104 valence electrons. The van der Waals surface area contributed by atoms with Gasteiger partial charge in [-0.3, -0.25) is 4.79 Å². The third-order valence-corrected chi connectivity index (χ3v) is 3.41. The molecular formula is C14H22N4O. The largest absolute Gasteiger partial charge is 0.312 e. The van der Waals surface area contributed by atoms with Gasteiger partial charge < -0.3 is 9.88 Å². The minimum absolute atomic E-state index is 0.00662. The molecule has 0 amide bonds. The fraction of sp³-hybridized carbons (Fsp3) is 0.571. The van der Waals surface area contributed by atoms with Crippen molar-refractivity contribution in [2.24, 2.45) is 5.41 Å². The smallest absolute Gasteiger partial charge is 0.276 e. The summed E-state index contributed by atoms with van der Waals surface area (Å²) in [5.41, 5.74) is 0.723. The number of fused-ring (bicyclic) bond motifs is 1. The maximum Gasteiger partial charge on any atom is 0.276 e. The van der Waals surface area contributed by atoms with E-state index in [1.807, 2.05) is 6.20 Å². The van der Waals surface area contributed by atoms with Gasteiger partial charge in [-0.25, -0.2) is 4.52 Å². The van der Waals surface area contributed by atoms with Crippen LogP contribution in [0.1, 0.15) is 27.7 Å². The van der Waals surface area contributed by atoms with Gasteiger partial charge in [0, 0.05) is 25.0 Å². The first kappa shape index (κ1) is 13.8. The van der Waals surface area contributed by atoms with Gasteiger partial charge >= 0.3 is 0 Å². The van der Waals surface area contributed by atoms with Gasteiger partial charge in [0.15, 0.2) is 0 Å². The monoisotopic (exact) mass is 262 g/mol. The van der Waals surface area contributed by atoms with Crippen LogP contribution in [0.4, 0.5) is 0 Å². The van der Waals surface area contributed by atoms with Crippen molar-refractivity contribution in [3.63, 3.8) is 0 Å². The average molecular weight is 262 g/mol. The number of nitrogens with one attached hydrogen (secondary N) is 1. The molecule has 0 spiro atoms. The van der Waals surface area contributed by atoms with Crippen LogP contribution in [0.15, 0.2) is 29.5 Å². The zero-order chi connectivity index (χ0) is 14.0. The molecule has 1 unspecified atom stereocenters. The minimum Gasteiger partial charge on any atom is -0.312 e. The molecule has 2 aromatic rings. The van der Waals surface area contributed by atoms with Crippen molar-refractivity contribution in [1.29, 1.82) is 0 Å². The predicted octanol–water partition coefficient (Wildman–Crippen LogP) is 1.52. The van der Waals surface area contributed by atoms with Crippen LogP contribution in [0.5, 0.6) is 0 Å². The van der Waals surface area contributed by atoms with Crippen molar-refractivity contribution in [2.45, 2.75) is 40.3 Å². The quantitative estimate of drug-likeness (QED) is 0.909. The Labute approximate surface area is 113 Å². The molecule has 0 aromatic carbocycles. The predicted molar refractivity (Wildman–Crippen MR) is 76.4 cm³/mol. The van der Waals surface area contributed by atoms with E-state index in [9.17, 15) is 4.79 Å². The highest BCUT2D eigenvalue weighted by Gasteiger charge is 2.24. The zero-order valence-corrected chi connectivity index (χ0v) is 12.1. The average Bonchev–Trinajstić information content (AvgIpc) is 2.79. The number of nitrogens with zero attached hydrogens (tertiary/aromatic N) is 3. The SMILES string of the molecule is CCNC(Cn1ccn2nccc2c1=O)C(C)(C)C. The maximum atomic E-state index is 12.3. The van der Waals surface area contributed by atoms with E-state index in [-0.39, 0.29) is 17.0 Å². The van der Waals surface area contributed by atoms with E-state index >= 15 is 0 Å². The molecule has 0 aliphatic rings. The highest BCUT2D eigenvalue weighted by Crippen LogP contribution is 2.20. The summed E-state index contributed by atoms with van der Waals surface area (Å²) in [5.74, 6) is 0. The fourth-order valence-electron chi connectivity index (χ4n) is 2.19. The molecule has 19 heavy (non-hydrogen) atoms. The summed E-state index contributed by atoms with van der Waals surface area (Å²) in [4.78, 5) is 12.3. The molecule has 0 radical (unpaired) electrons. The number of aromatic nitrogens is 3. The summed E-state index contributed by atoms with van der Waals surface area (Å²) in [6.07, 6.45) is 5.27. The van der Waals surface area contributed by atoms with Gasteiger partial charge in [0.1, 0.15) is 5.52 Å². The first-order valence-corrected chi connectivity index (χ1v) is 6.69. The van der Waals surface area contributed by atoms with Crippen LogP contribution < -0.4 is 10.9 Å². The number of hydrogen-bond donors (Lipinski definition) is 1. The Bertz CT molecular complexity index is 606. The third kappa shape index (κ3) is 2.87. The van der Waals surface area contributed by atoms with Crippen LogP contribution in [0.2, 0.25) is 0 Å². The van der Waals surface area contributed by atoms with Gasteiger partial charge in [0.05, 0.1) is 6.20 Å². The Kier molecular flexibility index (Phi) is 3.75. The van der Waals surface area contributed by atoms with E-state index in [2.05, 4.69) is 38.1 Å². The lowest BCUT2D eigenvalue weighted by atomic mass is 9.86. The lowest BCUT2D eigenvalue weighted by Gasteiger charge is -2.31. The normalized spacial score (nSPS) is 13.9. The van der Waals surface area contributed by atoms with Crippen LogP contribution in [0.25, 0.3) is 5.52 Å². The lowest BCUT2D eigenvalue weighted by Crippen LogP contribution is -2.45. The van der Waals surface area contributed by atoms with Crippen LogP contribution in [-0.4, -0.2) is 26.8 Å². The standard InChI is InChI=1S/C14H22N4O/c1-5-15-12(14(2,3)4)10-17-8-9-18-11(13(17)19)6-7-16-18/h6-9,12,15H,5,10H2,1-4H3. The molecule has 1 N–H and O–H groups in total. The molecule has 5 nitrogen and oxygen atoms in total. The topological polar surface area (TPSA) is 51.3 Å². The summed E-state index contributed by atoms with van der Waals surface area (Å²) >= 11 is 0. The molecule has 0 aliphatic heterocycles. The molecule has 2 aromatic heterocycles. The van der Waals surface area contributed by atoms with Gasteiger partial charge in [0.25, 0.3) is 5.56 Å². The van der Waals surface area contributed by atoms with Crippen molar-refractivity contribution >= 4 is 5.52 Å². The van der Waals surface area contributed by atoms with E-state index in [1.54, 1.807) is 27.5 Å². The minimum atomic E-state index is 0.00662. The van der Waals surface area contributed by atoms with Crippen LogP contribution in [0.3, 0.4) is 0 Å². The van der Waals surface area contributed by atoms with Crippen molar-refractivity contribution in [3.8, 4) is 0 Å². The van der Waals surface area contributed by atoms with Gasteiger partial charge in [0.2, 0.25) is 0 Å². The highest BCUT2D eigenvalue weighted by molar-refractivity contribution is 5.42. The van der Waals surface area contributed by atoms with Crippen molar-refractivity contribution in [3.05, 3.63) is 35.0 Å². The van der Waals surface area contributed by atoms with Crippen molar-refractivity contribution in [2.75, 3.05) is 6.54 Å². The summed E-state index contributed by atoms with van der Waals surface area (Å²) in [5, 5.41) is 7.53. The Morgan fingerprint density at radius 2 is 2.11 bits per heavy atom. The number of likely N-dealkylation sites (N-methyl/N-ethyl adjacent to an activating group) is 1. The van der Waals surface area contributed by atoms with Gasteiger partial charge in [-0.15, -0.1) is 0 Å². The van der Waals surface area contributed by atoms with E-state index in [0.717, 1.165) is 6.54 Å². The lowest BCUT2D eigenvalue weighted by molar-refractivity contribution is 0.243. The molecule has 0 fully saturated rings. The zero-order valence-electron chi connectivity index (χ0n) is 12.1. The molecule has 5 heteroatoms. The van der Waals surface area contributed by atoms with E-state index < -0.39 is 0 Å². The maximum absolute atomic E-state index is 12.3. The first-order valence-electron chi connectivity index (χ1n) is 6.69. The van der Waals surface area contributed by atoms with E-state index in [0.29, 0.717) is 12.1 Å². The summed E-state index contributed by atoms with van der Waals surface area (Å²) in [6, 6.07) is 2.00. The molecule has 0 saturated heterocycles. The summed E-state index contributed by atoms with van der Waals surface area (Å²) < 4.78 is 3.37. The van der Waals surface area contributed by atoms with Crippen molar-refractivity contribution in [1.82, 2.24) is 19.5 Å². The van der Waals surface area contributed by atoms with Gasteiger partial charge in [-0.2, -0.15) is 5.10 Å². The Balaban J connectivity index is 2.33. The van der Waals surface area contributed by atoms with E-state index in [4.69, 9.17) is 0 Å². The first-order chi connectivity index (χ1) is 8.93. The molecule has 0 aliphatic carbocycles. The third-order valence-electron chi connectivity index (χ3n) is 3.41. The molecular weight excluding hydrogens is 240 g/mol. The van der Waals surface area contributed by atoms with E-state index in [1.165, 1.54) is 0 Å². The second-order valence-corrected chi connectivity index (χ2v) is 5.89. The van der Waals surface area contributed by atoms with Crippen molar-refractivity contribution < 1.29 is 0 Å². The fourth-order valence-corrected chi connectivity index (χ4v) is 2.19. The number of hydrogen-bond acceptors (Lipinski definition) is 3. The van der Waals surface area contributed by atoms with Crippen LogP contribution >= 0.6 is 0 Å². The Hall–Kier alpha value is -1.62. The van der Waals surface area contributed by atoms with Crippen LogP contribution in [-0.2, 0) is 6.54 Å². The Morgan fingerprint density at radius 1 is 1.37 bits per heavy atom. The Morgan fingerprint density at radius 3 is 2.74 bits per heavy atom. The van der Waals surface area contributed by atoms with Gasteiger partial charge in [-0.05, 0) is 18.0 Å². The molecule has 2 heterocycles. The summed E-state index contributed by atoms with van der Waals surface area (Å²) in [7, 11) is 0. The summed E-state index contributed by atoms with van der Waals surface area (Å²) in [6.45, 7) is 10.2. The highest BCUT2D eigenvalue weighted by atomic mass is 16.1. The van der Waals surface area contributed by atoms with Crippen LogP contribution in [0, 0.1) is 5.41 Å². The number of rotatable bonds is 4. The second kappa shape index (κ2) is 5.17. The molecule has 0 bridgehead atoms. The molecule has 2 rings (SSSR count). The molecule has 0 saturated carbocycles. The molecule has 1 atom stereocenters. The van der Waals surface area contributed by atoms with Gasteiger partial charge in [-0.1, -0.05) is 27.7 Å².